The lowest BCUT2D eigenvalue weighted by Gasteiger charge is -2.30. The lowest BCUT2D eigenvalue weighted by atomic mass is 9.98. The molecule has 1 aromatic rings. The third-order valence-corrected chi connectivity index (χ3v) is 4.79. The molecule has 0 atom stereocenters. The van der Waals surface area contributed by atoms with E-state index in [1.165, 1.54) is 11.3 Å². The van der Waals surface area contributed by atoms with Crippen LogP contribution in [0.5, 0.6) is 0 Å². The van der Waals surface area contributed by atoms with Crippen LogP contribution in [0.15, 0.2) is 0 Å². The number of aromatic nitrogens is 2. The van der Waals surface area contributed by atoms with Crippen LogP contribution in [0.3, 0.4) is 0 Å². The van der Waals surface area contributed by atoms with Crippen LogP contribution in [-0.2, 0) is 17.8 Å². The van der Waals surface area contributed by atoms with Gasteiger partial charge in [0, 0.05) is 31.7 Å². The molecule has 0 radical (unpaired) electrons. The third kappa shape index (κ3) is 4.11. The minimum absolute atomic E-state index is 0.308. The average Bonchev–Trinajstić information content (AvgIpc) is 2.71. The first kappa shape index (κ1) is 17.0. The van der Waals surface area contributed by atoms with Crippen LogP contribution in [0.25, 0.3) is 0 Å². The van der Waals surface area contributed by atoms with Crippen molar-refractivity contribution in [3.8, 4) is 0 Å². The molecule has 1 aliphatic rings. The smallest absolute Gasteiger partial charge is 0.222 e. The molecule has 0 unspecified atom stereocenters. The maximum atomic E-state index is 12.4. The Labute approximate surface area is 134 Å². The summed E-state index contributed by atoms with van der Waals surface area (Å²) in [6, 6.07) is 0. The third-order valence-electron chi connectivity index (χ3n) is 4.79. The van der Waals surface area contributed by atoms with Gasteiger partial charge in [0.2, 0.25) is 5.91 Å². The minimum Gasteiger partial charge on any atom is -0.343 e. The van der Waals surface area contributed by atoms with Gasteiger partial charge in [0.1, 0.15) is 0 Å². The molecule has 1 aromatic heterocycles. The number of nitrogens with zero attached hydrogens (tertiary/aromatic N) is 3. The van der Waals surface area contributed by atoms with Crippen molar-refractivity contribution in [3.63, 3.8) is 0 Å². The molecule has 0 aliphatic carbocycles. The Balaban J connectivity index is 1.94. The SMILES string of the molecule is Cc1nn(CC(C)C)c(C)c1CCC(=O)N1CCC(C)CC1. The zero-order valence-electron chi connectivity index (χ0n) is 14.9. The quantitative estimate of drug-likeness (QED) is 0.836. The van der Waals surface area contributed by atoms with Crippen molar-refractivity contribution in [1.29, 1.82) is 0 Å². The summed E-state index contributed by atoms with van der Waals surface area (Å²) in [7, 11) is 0. The minimum atomic E-state index is 0.308. The number of hydrogen-bond acceptors (Lipinski definition) is 2. The fourth-order valence-corrected chi connectivity index (χ4v) is 3.27. The van der Waals surface area contributed by atoms with Gasteiger partial charge in [-0.2, -0.15) is 5.10 Å². The molecule has 2 rings (SSSR count). The number of carbonyl (C=O) groups is 1. The summed E-state index contributed by atoms with van der Waals surface area (Å²) < 4.78 is 2.10. The van der Waals surface area contributed by atoms with Gasteiger partial charge in [-0.1, -0.05) is 20.8 Å². The number of aryl methyl sites for hydroxylation is 1. The van der Waals surface area contributed by atoms with Crippen LogP contribution in [-0.4, -0.2) is 33.7 Å². The highest BCUT2D eigenvalue weighted by molar-refractivity contribution is 5.76. The summed E-state index contributed by atoms with van der Waals surface area (Å²) in [5.74, 6) is 1.66. The second-order valence-corrected chi connectivity index (χ2v) is 7.29. The molecule has 0 N–H and O–H groups in total. The van der Waals surface area contributed by atoms with E-state index in [4.69, 9.17) is 0 Å². The van der Waals surface area contributed by atoms with Crippen molar-refractivity contribution < 1.29 is 4.79 Å². The van der Waals surface area contributed by atoms with Crippen molar-refractivity contribution in [2.75, 3.05) is 13.1 Å². The van der Waals surface area contributed by atoms with Gasteiger partial charge in [0.25, 0.3) is 0 Å². The average molecular weight is 305 g/mol. The Hall–Kier alpha value is -1.32. The monoisotopic (exact) mass is 305 g/mol. The first-order chi connectivity index (χ1) is 10.4. The van der Waals surface area contributed by atoms with Gasteiger partial charge in [-0.15, -0.1) is 0 Å². The fraction of sp³-hybridized carbons (Fsp3) is 0.778. The fourth-order valence-electron chi connectivity index (χ4n) is 3.27. The molecule has 1 fully saturated rings. The number of amides is 1. The standard InChI is InChI=1S/C18H31N3O/c1-13(2)12-21-16(5)17(15(4)19-21)6-7-18(22)20-10-8-14(3)9-11-20/h13-14H,6-12H2,1-5H3. The van der Waals surface area contributed by atoms with Crippen LogP contribution in [0.1, 0.15) is 57.0 Å². The second-order valence-electron chi connectivity index (χ2n) is 7.29. The number of rotatable bonds is 5. The Kier molecular flexibility index (Phi) is 5.65. The Morgan fingerprint density at radius 1 is 1.27 bits per heavy atom. The van der Waals surface area contributed by atoms with E-state index in [9.17, 15) is 4.79 Å². The first-order valence-electron chi connectivity index (χ1n) is 8.69. The highest BCUT2D eigenvalue weighted by Gasteiger charge is 2.21. The largest absolute Gasteiger partial charge is 0.343 e. The predicted molar refractivity (Wildman–Crippen MR) is 89.8 cm³/mol. The van der Waals surface area contributed by atoms with E-state index in [0.29, 0.717) is 18.2 Å². The lowest BCUT2D eigenvalue weighted by molar-refractivity contribution is -0.132. The van der Waals surface area contributed by atoms with Crippen LogP contribution < -0.4 is 0 Å². The van der Waals surface area contributed by atoms with E-state index >= 15 is 0 Å². The Morgan fingerprint density at radius 2 is 1.91 bits per heavy atom. The highest BCUT2D eigenvalue weighted by Crippen LogP contribution is 2.19. The van der Waals surface area contributed by atoms with Gasteiger partial charge >= 0.3 is 0 Å². The van der Waals surface area contributed by atoms with E-state index in [1.807, 2.05) is 4.90 Å². The molecule has 2 heterocycles. The summed E-state index contributed by atoms with van der Waals surface area (Å²) in [6.45, 7) is 13.7. The molecule has 1 saturated heterocycles. The van der Waals surface area contributed by atoms with E-state index < -0.39 is 0 Å². The lowest BCUT2D eigenvalue weighted by Crippen LogP contribution is -2.38. The van der Waals surface area contributed by atoms with E-state index in [-0.39, 0.29) is 0 Å². The van der Waals surface area contributed by atoms with Gasteiger partial charge in [-0.3, -0.25) is 9.48 Å². The normalized spacial score (nSPS) is 16.5. The summed E-state index contributed by atoms with van der Waals surface area (Å²) in [5, 5.41) is 4.64. The van der Waals surface area contributed by atoms with Gasteiger partial charge < -0.3 is 4.90 Å². The predicted octanol–water partition coefficient (Wildman–Crippen LogP) is 3.35. The zero-order valence-corrected chi connectivity index (χ0v) is 14.9. The molecular weight excluding hydrogens is 274 g/mol. The molecule has 4 nitrogen and oxygen atoms in total. The number of hydrogen-bond donors (Lipinski definition) is 0. The first-order valence-corrected chi connectivity index (χ1v) is 8.69. The molecule has 0 spiro atoms. The van der Waals surface area contributed by atoms with Gasteiger partial charge in [-0.05, 0) is 50.5 Å². The summed E-state index contributed by atoms with van der Waals surface area (Å²) in [5.41, 5.74) is 3.57. The Bertz CT molecular complexity index is 511. The van der Waals surface area contributed by atoms with Crippen molar-refractivity contribution in [1.82, 2.24) is 14.7 Å². The van der Waals surface area contributed by atoms with E-state index in [1.54, 1.807) is 0 Å². The highest BCUT2D eigenvalue weighted by atomic mass is 16.2. The van der Waals surface area contributed by atoms with Crippen LogP contribution in [0.2, 0.25) is 0 Å². The van der Waals surface area contributed by atoms with Crippen LogP contribution in [0, 0.1) is 25.7 Å². The van der Waals surface area contributed by atoms with Gasteiger partial charge in [0.05, 0.1) is 5.69 Å². The Morgan fingerprint density at radius 3 is 2.50 bits per heavy atom. The zero-order chi connectivity index (χ0) is 16.3. The van der Waals surface area contributed by atoms with E-state index in [2.05, 4.69) is 44.4 Å². The van der Waals surface area contributed by atoms with Crippen molar-refractivity contribution in [2.45, 2.75) is 66.8 Å². The molecule has 0 aromatic carbocycles. The molecule has 0 saturated carbocycles. The maximum Gasteiger partial charge on any atom is 0.222 e. The van der Waals surface area contributed by atoms with Crippen molar-refractivity contribution in [3.05, 3.63) is 17.0 Å². The molecule has 1 aliphatic heterocycles. The second kappa shape index (κ2) is 7.30. The van der Waals surface area contributed by atoms with E-state index in [0.717, 1.165) is 50.5 Å². The summed E-state index contributed by atoms with van der Waals surface area (Å²) >= 11 is 0. The van der Waals surface area contributed by atoms with Crippen molar-refractivity contribution >= 4 is 5.91 Å². The van der Waals surface area contributed by atoms with Gasteiger partial charge in [0.15, 0.2) is 0 Å². The number of likely N-dealkylation sites (tertiary alicyclic amines) is 1. The van der Waals surface area contributed by atoms with Gasteiger partial charge in [-0.25, -0.2) is 0 Å². The molecule has 0 bridgehead atoms. The van der Waals surface area contributed by atoms with Crippen molar-refractivity contribution in [2.24, 2.45) is 11.8 Å². The molecule has 22 heavy (non-hydrogen) atoms. The summed E-state index contributed by atoms with van der Waals surface area (Å²) in [4.78, 5) is 14.4. The molecule has 124 valence electrons. The molecule has 4 heteroatoms. The number of piperidine rings is 1. The van der Waals surface area contributed by atoms with Crippen LogP contribution >= 0.6 is 0 Å². The van der Waals surface area contributed by atoms with Crippen LogP contribution in [0.4, 0.5) is 0 Å². The molecular formula is C18H31N3O. The topological polar surface area (TPSA) is 38.1 Å². The molecule has 1 amide bonds. The maximum absolute atomic E-state index is 12.4. The summed E-state index contributed by atoms with van der Waals surface area (Å²) in [6.07, 6.45) is 3.73. The number of carbonyl (C=O) groups excluding carboxylic acids is 1.